The third-order valence-corrected chi connectivity index (χ3v) is 9.96. The average Bonchev–Trinajstić information content (AvgIpc) is 3.21. The molecule has 0 bridgehead atoms. The zero-order chi connectivity index (χ0) is 25.0. The van der Waals surface area contributed by atoms with Crippen molar-refractivity contribution in [2.45, 2.75) is 49.1 Å². The molecule has 0 aliphatic carbocycles. The molecule has 0 spiro atoms. The molecular formula is C26H28N3O5S+. The number of aromatic nitrogens is 2. The SMILES string of the molecule is Cc1cn(C[C@@]2(C)[C@H](C(=O)OC(c3ccccc3)c3ccccc3)N3C(=O)C[C@@H]3S2(=O)=O)c[n+]1C. The number of imidazole rings is 1. The number of ether oxygens (including phenoxy) is 1. The van der Waals surface area contributed by atoms with Gasteiger partial charge >= 0.3 is 5.97 Å². The van der Waals surface area contributed by atoms with Crippen LogP contribution in [0.3, 0.4) is 0 Å². The molecule has 2 fully saturated rings. The van der Waals surface area contributed by atoms with E-state index in [1.807, 2.05) is 85.4 Å². The summed E-state index contributed by atoms with van der Waals surface area (Å²) in [6.45, 7) is 3.49. The molecule has 0 unspecified atom stereocenters. The van der Waals surface area contributed by atoms with E-state index in [4.69, 9.17) is 4.74 Å². The molecule has 2 aromatic carbocycles. The molecule has 35 heavy (non-hydrogen) atoms. The van der Waals surface area contributed by atoms with Crippen molar-refractivity contribution >= 4 is 21.7 Å². The highest BCUT2D eigenvalue weighted by molar-refractivity contribution is 7.93. The summed E-state index contributed by atoms with van der Waals surface area (Å²) in [6.07, 6.45) is 2.77. The Bertz CT molecular complexity index is 1330. The predicted molar refractivity (Wildman–Crippen MR) is 128 cm³/mol. The van der Waals surface area contributed by atoms with Gasteiger partial charge in [-0.15, -0.1) is 0 Å². The first-order valence-corrected chi connectivity index (χ1v) is 13.0. The van der Waals surface area contributed by atoms with Crippen molar-refractivity contribution in [3.8, 4) is 0 Å². The van der Waals surface area contributed by atoms with Gasteiger partial charge in [-0.3, -0.25) is 4.79 Å². The van der Waals surface area contributed by atoms with Crippen molar-refractivity contribution in [2.75, 3.05) is 0 Å². The third kappa shape index (κ3) is 3.65. The van der Waals surface area contributed by atoms with Crippen LogP contribution in [0.5, 0.6) is 0 Å². The summed E-state index contributed by atoms with van der Waals surface area (Å²) in [4.78, 5) is 27.6. The number of fused-ring (bicyclic) bond motifs is 1. The molecule has 3 heterocycles. The number of esters is 1. The summed E-state index contributed by atoms with van der Waals surface area (Å²) in [5, 5.41) is -1.00. The summed E-state index contributed by atoms with van der Waals surface area (Å²) in [7, 11) is -1.98. The molecule has 9 heteroatoms. The number of carbonyl (C=O) groups excluding carboxylic acids is 2. The van der Waals surface area contributed by atoms with Crippen LogP contribution in [-0.2, 0) is 37.8 Å². The first-order chi connectivity index (χ1) is 16.6. The van der Waals surface area contributed by atoms with Gasteiger partial charge in [0.2, 0.25) is 12.2 Å². The van der Waals surface area contributed by atoms with Crippen LogP contribution in [0, 0.1) is 6.92 Å². The lowest BCUT2D eigenvalue weighted by Crippen LogP contribution is -2.58. The van der Waals surface area contributed by atoms with E-state index in [0.29, 0.717) is 0 Å². The van der Waals surface area contributed by atoms with Crippen LogP contribution in [0.15, 0.2) is 73.2 Å². The van der Waals surface area contributed by atoms with Gasteiger partial charge in [0.1, 0.15) is 28.6 Å². The fraction of sp³-hybridized carbons (Fsp3) is 0.346. The Balaban J connectivity index is 1.54. The van der Waals surface area contributed by atoms with Crippen LogP contribution in [0.2, 0.25) is 0 Å². The number of β-lactam (4-membered cyclic amide) rings is 1. The maximum atomic E-state index is 13.8. The number of aryl methyl sites for hydroxylation is 2. The number of amides is 1. The number of rotatable bonds is 6. The topological polar surface area (TPSA) is 89.6 Å². The van der Waals surface area contributed by atoms with E-state index >= 15 is 0 Å². The Morgan fingerprint density at radius 3 is 2.17 bits per heavy atom. The fourth-order valence-corrected chi connectivity index (χ4v) is 7.53. The summed E-state index contributed by atoms with van der Waals surface area (Å²) in [5.41, 5.74) is 2.46. The van der Waals surface area contributed by atoms with Crippen LogP contribution in [0.25, 0.3) is 0 Å². The minimum Gasteiger partial charge on any atom is -0.451 e. The van der Waals surface area contributed by atoms with E-state index < -0.39 is 38.1 Å². The lowest BCUT2D eigenvalue weighted by molar-refractivity contribution is -0.677. The van der Waals surface area contributed by atoms with Gasteiger partial charge in [0.15, 0.2) is 22.0 Å². The minimum atomic E-state index is -3.85. The molecule has 8 nitrogen and oxygen atoms in total. The monoisotopic (exact) mass is 494 g/mol. The molecule has 3 atom stereocenters. The Kier molecular flexibility index (Phi) is 5.55. The maximum Gasteiger partial charge on any atom is 0.331 e. The smallest absolute Gasteiger partial charge is 0.331 e. The lowest BCUT2D eigenvalue weighted by Gasteiger charge is -2.37. The number of benzene rings is 2. The largest absolute Gasteiger partial charge is 0.451 e. The molecule has 2 aliphatic heterocycles. The lowest BCUT2D eigenvalue weighted by atomic mass is 9.95. The Hall–Kier alpha value is -3.46. The van der Waals surface area contributed by atoms with Crippen LogP contribution < -0.4 is 4.57 Å². The molecule has 2 saturated heterocycles. The number of carbonyl (C=O) groups is 2. The highest BCUT2D eigenvalue weighted by Gasteiger charge is 2.71. The molecular weight excluding hydrogens is 466 g/mol. The molecule has 0 saturated carbocycles. The van der Waals surface area contributed by atoms with Crippen LogP contribution in [0.1, 0.15) is 36.3 Å². The van der Waals surface area contributed by atoms with Crippen molar-refractivity contribution in [1.82, 2.24) is 9.47 Å². The number of nitrogens with zero attached hydrogens (tertiary/aromatic N) is 3. The van der Waals surface area contributed by atoms with Crippen molar-refractivity contribution in [1.29, 1.82) is 0 Å². The van der Waals surface area contributed by atoms with Gasteiger partial charge in [0.05, 0.1) is 13.5 Å². The first-order valence-electron chi connectivity index (χ1n) is 11.5. The number of sulfone groups is 1. The number of hydrogen-bond donors (Lipinski definition) is 0. The van der Waals surface area contributed by atoms with Gasteiger partial charge in [-0.25, -0.2) is 22.3 Å². The standard InChI is InChI=1S/C26H28N3O5S/c1-18-15-28(17-27(18)3)16-26(2)24(29-21(30)14-22(29)35(26,32)33)25(31)34-23(19-10-6-4-7-11-19)20-12-8-5-9-13-20/h4-13,15,17,22-24H,14,16H2,1-3H3/q+1/t22-,24-,26-/m0/s1. The normalized spacial score (nSPS) is 24.8. The van der Waals surface area contributed by atoms with E-state index in [-0.39, 0.29) is 18.9 Å². The van der Waals surface area contributed by atoms with Gasteiger partial charge < -0.3 is 9.64 Å². The van der Waals surface area contributed by atoms with Crippen LogP contribution >= 0.6 is 0 Å². The second kappa shape index (κ2) is 8.34. The average molecular weight is 495 g/mol. The molecule has 3 aromatic rings. The van der Waals surface area contributed by atoms with Gasteiger partial charge in [-0.1, -0.05) is 60.7 Å². The van der Waals surface area contributed by atoms with Gasteiger partial charge in [-0.05, 0) is 18.1 Å². The van der Waals surface area contributed by atoms with E-state index in [2.05, 4.69) is 0 Å². The summed E-state index contributed by atoms with van der Waals surface area (Å²) >= 11 is 0. The predicted octanol–water partition coefficient (Wildman–Crippen LogP) is 2.07. The quantitative estimate of drug-likeness (QED) is 0.297. The second-order valence-corrected chi connectivity index (χ2v) is 12.1. The van der Waals surface area contributed by atoms with Crippen molar-refractivity contribution in [2.24, 2.45) is 7.05 Å². The molecule has 1 aromatic heterocycles. The Morgan fingerprint density at radius 1 is 1.11 bits per heavy atom. The summed E-state index contributed by atoms with van der Waals surface area (Å²) < 4.78 is 35.4. The summed E-state index contributed by atoms with van der Waals surface area (Å²) in [5.74, 6) is -1.08. The molecule has 1 amide bonds. The van der Waals surface area contributed by atoms with Crippen molar-refractivity contribution < 1.29 is 27.3 Å². The summed E-state index contributed by atoms with van der Waals surface area (Å²) in [6, 6.07) is 17.3. The second-order valence-electron chi connectivity index (χ2n) is 9.53. The molecule has 0 radical (unpaired) electrons. The maximum absolute atomic E-state index is 13.8. The third-order valence-electron chi connectivity index (χ3n) is 7.20. The highest BCUT2D eigenvalue weighted by Crippen LogP contribution is 2.47. The fourth-order valence-electron chi connectivity index (χ4n) is 5.16. The Morgan fingerprint density at radius 2 is 1.69 bits per heavy atom. The van der Waals surface area contributed by atoms with Crippen molar-refractivity contribution in [3.63, 3.8) is 0 Å². The van der Waals surface area contributed by atoms with Gasteiger partial charge in [0, 0.05) is 6.92 Å². The van der Waals surface area contributed by atoms with Gasteiger partial charge in [0.25, 0.3) is 0 Å². The first kappa shape index (κ1) is 23.3. The molecule has 2 aliphatic rings. The van der Waals surface area contributed by atoms with Crippen molar-refractivity contribution in [3.05, 3.63) is 90.0 Å². The Labute approximate surface area is 204 Å². The van der Waals surface area contributed by atoms with Crippen LogP contribution in [0.4, 0.5) is 0 Å². The van der Waals surface area contributed by atoms with E-state index in [0.717, 1.165) is 16.8 Å². The van der Waals surface area contributed by atoms with E-state index in [1.165, 1.54) is 4.90 Å². The minimum absolute atomic E-state index is 0.0262. The van der Waals surface area contributed by atoms with E-state index in [1.54, 1.807) is 17.8 Å². The van der Waals surface area contributed by atoms with E-state index in [9.17, 15) is 18.0 Å². The van der Waals surface area contributed by atoms with Crippen LogP contribution in [-0.4, -0.2) is 45.9 Å². The highest BCUT2D eigenvalue weighted by atomic mass is 32.2. The zero-order valence-electron chi connectivity index (χ0n) is 19.9. The molecule has 0 N–H and O–H groups in total. The molecule has 5 rings (SSSR count). The number of hydrogen-bond acceptors (Lipinski definition) is 5. The zero-order valence-corrected chi connectivity index (χ0v) is 20.7. The van der Waals surface area contributed by atoms with Gasteiger partial charge in [-0.2, -0.15) is 0 Å². The molecule has 182 valence electrons.